The van der Waals surface area contributed by atoms with E-state index in [9.17, 15) is 18.7 Å². The molecule has 1 aromatic heterocycles. The van der Waals surface area contributed by atoms with Crippen LogP contribution >= 0.6 is 11.8 Å². The number of thioether (sulfide) groups is 1. The van der Waals surface area contributed by atoms with E-state index in [1.54, 1.807) is 0 Å². The number of amides is 1. The smallest absolute Gasteiger partial charge is 0.289 e. The summed E-state index contributed by atoms with van der Waals surface area (Å²) in [6.07, 6.45) is 0.0679. The van der Waals surface area contributed by atoms with Crippen LogP contribution in [-0.4, -0.2) is 40.9 Å². The maximum Gasteiger partial charge on any atom is 0.289 e. The Morgan fingerprint density at radius 2 is 2.39 bits per heavy atom. The summed E-state index contributed by atoms with van der Waals surface area (Å²) < 4.78 is 29.2. The molecule has 0 unspecified atom stereocenters. The average Bonchev–Trinajstić information content (AvgIpc) is 2.94. The summed E-state index contributed by atoms with van der Waals surface area (Å²) in [4.78, 5) is 13.4. The Morgan fingerprint density at radius 1 is 1.61 bits per heavy atom. The monoisotopic (exact) mass is 277 g/mol. The molecule has 2 rings (SSSR count). The van der Waals surface area contributed by atoms with Gasteiger partial charge in [-0.15, -0.1) is 0 Å². The Labute approximate surface area is 107 Å². The van der Waals surface area contributed by atoms with Crippen molar-refractivity contribution in [2.45, 2.75) is 24.0 Å². The Balaban J connectivity index is 1.95. The van der Waals surface area contributed by atoms with E-state index in [-0.39, 0.29) is 17.4 Å². The first-order valence-corrected chi connectivity index (χ1v) is 6.57. The predicted molar refractivity (Wildman–Crippen MR) is 62.5 cm³/mol. The van der Waals surface area contributed by atoms with Gasteiger partial charge in [0.05, 0.1) is 11.9 Å². The van der Waals surface area contributed by atoms with Gasteiger partial charge in [-0.05, 0) is 18.6 Å². The van der Waals surface area contributed by atoms with Gasteiger partial charge in [-0.25, -0.2) is 0 Å². The number of alkyl halides is 2. The molecule has 1 amide bonds. The van der Waals surface area contributed by atoms with Crippen molar-refractivity contribution >= 4 is 17.7 Å². The molecule has 0 aromatic carbocycles. The Hall–Kier alpha value is -1.08. The summed E-state index contributed by atoms with van der Waals surface area (Å²) in [6, 6.07) is 3.00. The molecule has 0 radical (unpaired) electrons. The van der Waals surface area contributed by atoms with Crippen LogP contribution < -0.4 is 0 Å². The summed E-state index contributed by atoms with van der Waals surface area (Å²) in [5, 5.41) is 9.33. The van der Waals surface area contributed by atoms with E-state index in [0.717, 1.165) is 0 Å². The lowest BCUT2D eigenvalue weighted by Crippen LogP contribution is -2.29. The highest BCUT2D eigenvalue weighted by Gasteiger charge is 2.27. The van der Waals surface area contributed by atoms with E-state index in [4.69, 9.17) is 4.42 Å². The first-order valence-electron chi connectivity index (χ1n) is 5.52. The van der Waals surface area contributed by atoms with Crippen LogP contribution in [-0.2, 0) is 5.75 Å². The van der Waals surface area contributed by atoms with Gasteiger partial charge in [-0.1, -0.05) is 11.8 Å². The SMILES string of the molecule is O=C(c1ccc(CSC(F)F)o1)N1CC[C@H](O)C1. The lowest BCUT2D eigenvalue weighted by molar-refractivity contribution is 0.0732. The van der Waals surface area contributed by atoms with Crippen LogP contribution in [0.4, 0.5) is 8.78 Å². The van der Waals surface area contributed by atoms with Crippen LogP contribution in [0.3, 0.4) is 0 Å². The van der Waals surface area contributed by atoms with Gasteiger partial charge in [0.2, 0.25) is 0 Å². The van der Waals surface area contributed by atoms with Crippen molar-refractivity contribution in [2.24, 2.45) is 0 Å². The number of carbonyl (C=O) groups excluding carboxylic acids is 1. The minimum absolute atomic E-state index is 0.0353. The van der Waals surface area contributed by atoms with Crippen molar-refractivity contribution < 1.29 is 23.1 Å². The molecule has 1 fully saturated rings. The summed E-state index contributed by atoms with van der Waals surface area (Å²) >= 11 is 0.450. The van der Waals surface area contributed by atoms with Gasteiger partial charge in [0.15, 0.2) is 5.76 Å². The fraction of sp³-hybridized carbons (Fsp3) is 0.545. The maximum absolute atomic E-state index is 12.0. The first-order chi connectivity index (χ1) is 8.56. The molecule has 0 bridgehead atoms. The third-order valence-corrected chi connectivity index (χ3v) is 3.38. The number of likely N-dealkylation sites (tertiary alicyclic amines) is 1. The van der Waals surface area contributed by atoms with Gasteiger partial charge in [0.1, 0.15) is 5.76 Å². The topological polar surface area (TPSA) is 53.7 Å². The number of nitrogens with zero attached hydrogens (tertiary/aromatic N) is 1. The van der Waals surface area contributed by atoms with Crippen molar-refractivity contribution in [2.75, 3.05) is 13.1 Å². The molecule has 1 aromatic rings. The molecule has 100 valence electrons. The molecule has 18 heavy (non-hydrogen) atoms. The second-order valence-corrected chi connectivity index (χ2v) is 5.01. The van der Waals surface area contributed by atoms with Crippen molar-refractivity contribution in [1.82, 2.24) is 4.90 Å². The summed E-state index contributed by atoms with van der Waals surface area (Å²) in [5.41, 5.74) is 0. The van der Waals surface area contributed by atoms with Crippen LogP contribution in [0.25, 0.3) is 0 Å². The van der Waals surface area contributed by atoms with Crippen LogP contribution in [0.1, 0.15) is 22.7 Å². The second kappa shape index (κ2) is 5.71. The number of halogens is 2. The zero-order valence-corrected chi connectivity index (χ0v) is 10.3. The van der Waals surface area contributed by atoms with Crippen LogP contribution in [0.15, 0.2) is 16.5 Å². The van der Waals surface area contributed by atoms with E-state index in [1.807, 2.05) is 0 Å². The Kier molecular flexibility index (Phi) is 4.23. The molecule has 0 saturated carbocycles. The summed E-state index contributed by atoms with van der Waals surface area (Å²) in [6.45, 7) is 0.780. The molecular weight excluding hydrogens is 264 g/mol. The van der Waals surface area contributed by atoms with Crippen molar-refractivity contribution in [3.63, 3.8) is 0 Å². The quantitative estimate of drug-likeness (QED) is 0.914. The third-order valence-electron chi connectivity index (χ3n) is 2.67. The number of aliphatic hydroxyl groups excluding tert-OH is 1. The van der Waals surface area contributed by atoms with Gasteiger partial charge in [-0.3, -0.25) is 4.79 Å². The highest BCUT2D eigenvalue weighted by molar-refractivity contribution is 7.98. The molecule has 4 nitrogen and oxygen atoms in total. The van der Waals surface area contributed by atoms with Gasteiger partial charge in [0.25, 0.3) is 11.7 Å². The van der Waals surface area contributed by atoms with Gasteiger partial charge in [-0.2, -0.15) is 8.78 Å². The lowest BCUT2D eigenvalue weighted by Gasteiger charge is -2.13. The minimum Gasteiger partial charge on any atom is -0.455 e. The molecule has 1 aliphatic heterocycles. The van der Waals surface area contributed by atoms with E-state index >= 15 is 0 Å². The van der Waals surface area contributed by atoms with E-state index in [1.165, 1.54) is 17.0 Å². The number of aliphatic hydroxyl groups is 1. The van der Waals surface area contributed by atoms with E-state index < -0.39 is 11.9 Å². The van der Waals surface area contributed by atoms with E-state index in [0.29, 0.717) is 37.0 Å². The molecule has 0 aliphatic carbocycles. The molecule has 1 saturated heterocycles. The van der Waals surface area contributed by atoms with Gasteiger partial charge < -0.3 is 14.4 Å². The molecular formula is C11H13F2NO3S. The average molecular weight is 277 g/mol. The predicted octanol–water partition coefficient (Wildman–Crippen LogP) is 1.94. The fourth-order valence-electron chi connectivity index (χ4n) is 1.80. The largest absolute Gasteiger partial charge is 0.455 e. The molecule has 1 aliphatic rings. The Morgan fingerprint density at radius 3 is 3.00 bits per heavy atom. The Bertz CT molecular complexity index is 424. The van der Waals surface area contributed by atoms with Crippen molar-refractivity contribution in [3.8, 4) is 0 Å². The number of carbonyl (C=O) groups is 1. The van der Waals surface area contributed by atoms with E-state index in [2.05, 4.69) is 0 Å². The molecule has 1 N–H and O–H groups in total. The van der Waals surface area contributed by atoms with Crippen LogP contribution in [0.5, 0.6) is 0 Å². The third kappa shape index (κ3) is 3.23. The highest BCUT2D eigenvalue weighted by Crippen LogP contribution is 2.22. The van der Waals surface area contributed by atoms with Crippen LogP contribution in [0, 0.1) is 0 Å². The summed E-state index contributed by atoms with van der Waals surface area (Å²) in [5.74, 6) is -2.24. The molecule has 7 heteroatoms. The number of rotatable bonds is 4. The highest BCUT2D eigenvalue weighted by atomic mass is 32.2. The molecule has 2 heterocycles. The zero-order valence-electron chi connectivity index (χ0n) is 9.51. The van der Waals surface area contributed by atoms with Crippen molar-refractivity contribution in [3.05, 3.63) is 23.7 Å². The second-order valence-electron chi connectivity index (χ2n) is 4.03. The minimum atomic E-state index is -2.46. The number of hydrogen-bond acceptors (Lipinski definition) is 4. The standard InChI is InChI=1S/C11H13F2NO3S/c12-11(13)18-6-8-1-2-9(17-8)10(16)14-4-3-7(15)5-14/h1-2,7,11,15H,3-6H2/t7-/m0/s1. The maximum atomic E-state index is 12.0. The number of β-amino-alcohol motifs (C(OH)–C–C–N with tert-alkyl or cyclic N) is 1. The van der Waals surface area contributed by atoms with Crippen LogP contribution in [0.2, 0.25) is 0 Å². The molecule has 1 atom stereocenters. The lowest BCUT2D eigenvalue weighted by atomic mass is 10.3. The number of furan rings is 1. The van der Waals surface area contributed by atoms with Crippen molar-refractivity contribution in [1.29, 1.82) is 0 Å². The summed E-state index contributed by atoms with van der Waals surface area (Å²) in [7, 11) is 0. The number of hydrogen-bond donors (Lipinski definition) is 1. The zero-order chi connectivity index (χ0) is 13.1. The van der Waals surface area contributed by atoms with Gasteiger partial charge in [0, 0.05) is 13.1 Å². The first kappa shape index (κ1) is 13.4. The normalized spacial score (nSPS) is 19.8. The molecule has 0 spiro atoms. The fourth-order valence-corrected chi connectivity index (χ4v) is 2.24. The van der Waals surface area contributed by atoms with Gasteiger partial charge >= 0.3 is 0 Å².